The number of amides is 2. The summed E-state index contributed by atoms with van der Waals surface area (Å²) in [5.74, 6) is -0.654. The second kappa shape index (κ2) is 9.80. The lowest BCUT2D eigenvalue weighted by molar-refractivity contribution is -0.111. The number of benzene rings is 2. The molecule has 0 spiro atoms. The van der Waals surface area contributed by atoms with E-state index in [1.165, 1.54) is 0 Å². The molecule has 2 heterocycles. The van der Waals surface area contributed by atoms with Gasteiger partial charge in [-0.25, -0.2) is 0 Å². The number of nitrogens with one attached hydrogen (secondary N) is 3. The molecule has 1 aromatic heterocycles. The second-order valence-electron chi connectivity index (χ2n) is 7.95. The van der Waals surface area contributed by atoms with Gasteiger partial charge in [-0.1, -0.05) is 24.3 Å². The molecule has 1 aliphatic heterocycles. The van der Waals surface area contributed by atoms with E-state index in [0.717, 1.165) is 53.8 Å². The summed E-state index contributed by atoms with van der Waals surface area (Å²) in [5.41, 5.74) is 10.3. The standard InChI is InChI=1S/C25H28N4O3/c1-16-18(19-9-10-21(25(26)31)24-20(19)11-13-28-24)6-2-7-22(16)29-23(30)8-3-12-27-15-17-5-4-14-32-17/h2-3,6-11,13,17,27-28H,4-5,12,14-15H2,1H3,(H2,26,31)(H,29,30)/b8-3+. The van der Waals surface area contributed by atoms with E-state index in [1.54, 1.807) is 18.3 Å². The van der Waals surface area contributed by atoms with E-state index in [0.29, 0.717) is 17.6 Å². The van der Waals surface area contributed by atoms with Crippen LogP contribution in [0.25, 0.3) is 22.0 Å². The first kappa shape index (κ1) is 21.8. The molecule has 0 aliphatic carbocycles. The number of carbonyl (C=O) groups is 2. The van der Waals surface area contributed by atoms with Crippen LogP contribution in [0.4, 0.5) is 5.69 Å². The third kappa shape index (κ3) is 4.74. The van der Waals surface area contributed by atoms with E-state index in [4.69, 9.17) is 10.5 Å². The predicted molar refractivity (Wildman–Crippen MR) is 127 cm³/mol. The zero-order valence-electron chi connectivity index (χ0n) is 18.1. The maximum absolute atomic E-state index is 12.4. The van der Waals surface area contributed by atoms with Crippen LogP contribution in [-0.4, -0.2) is 42.6 Å². The number of hydrogen-bond donors (Lipinski definition) is 4. The molecular weight excluding hydrogens is 404 g/mol. The van der Waals surface area contributed by atoms with E-state index in [9.17, 15) is 9.59 Å². The molecule has 1 fully saturated rings. The Morgan fingerprint density at radius 2 is 2.09 bits per heavy atom. The van der Waals surface area contributed by atoms with Crippen LogP contribution in [0.2, 0.25) is 0 Å². The van der Waals surface area contributed by atoms with Gasteiger partial charge in [-0.2, -0.15) is 0 Å². The fourth-order valence-electron chi connectivity index (χ4n) is 4.13. The summed E-state index contributed by atoms with van der Waals surface area (Å²) in [4.78, 5) is 27.3. The van der Waals surface area contributed by atoms with E-state index in [2.05, 4.69) is 15.6 Å². The summed E-state index contributed by atoms with van der Waals surface area (Å²) < 4.78 is 5.57. The SMILES string of the molecule is Cc1c(NC(=O)/C=C/CNCC2CCCO2)cccc1-c1ccc(C(N)=O)c2[nH]ccc12. The minimum atomic E-state index is -0.473. The molecule has 1 saturated heterocycles. The highest BCUT2D eigenvalue weighted by molar-refractivity contribution is 6.09. The maximum atomic E-state index is 12.4. The van der Waals surface area contributed by atoms with E-state index in [-0.39, 0.29) is 12.0 Å². The minimum Gasteiger partial charge on any atom is -0.377 e. The Kier molecular flexibility index (Phi) is 6.68. The third-order valence-electron chi connectivity index (χ3n) is 5.80. The fraction of sp³-hybridized carbons (Fsp3) is 0.280. The van der Waals surface area contributed by atoms with Crippen molar-refractivity contribution in [1.82, 2.24) is 10.3 Å². The first-order chi connectivity index (χ1) is 15.5. The van der Waals surface area contributed by atoms with Crippen LogP contribution in [0, 0.1) is 6.92 Å². The number of rotatable bonds is 8. The summed E-state index contributed by atoms with van der Waals surface area (Å²) in [7, 11) is 0. The number of H-pyrrole nitrogens is 1. The van der Waals surface area contributed by atoms with Gasteiger partial charge < -0.3 is 26.1 Å². The van der Waals surface area contributed by atoms with Gasteiger partial charge in [-0.05, 0) is 54.7 Å². The third-order valence-corrected chi connectivity index (χ3v) is 5.80. The molecule has 1 atom stereocenters. The van der Waals surface area contributed by atoms with Gasteiger partial charge in [0.25, 0.3) is 5.91 Å². The number of hydrogen-bond acceptors (Lipinski definition) is 4. The number of aromatic amines is 1. The van der Waals surface area contributed by atoms with Crippen molar-refractivity contribution >= 4 is 28.4 Å². The highest BCUT2D eigenvalue weighted by Crippen LogP contribution is 2.34. The highest BCUT2D eigenvalue weighted by atomic mass is 16.5. The highest BCUT2D eigenvalue weighted by Gasteiger charge is 2.15. The number of nitrogens with two attached hydrogens (primary N) is 1. The normalized spacial score (nSPS) is 16.1. The Balaban J connectivity index is 1.46. The van der Waals surface area contributed by atoms with Crippen molar-refractivity contribution < 1.29 is 14.3 Å². The van der Waals surface area contributed by atoms with Crippen LogP contribution in [0.15, 0.2) is 54.7 Å². The van der Waals surface area contributed by atoms with E-state index < -0.39 is 5.91 Å². The van der Waals surface area contributed by atoms with E-state index in [1.807, 2.05) is 43.3 Å². The zero-order valence-corrected chi connectivity index (χ0v) is 18.1. The van der Waals surface area contributed by atoms with Crippen LogP contribution in [-0.2, 0) is 9.53 Å². The Labute approximate surface area is 187 Å². The summed E-state index contributed by atoms with van der Waals surface area (Å²) in [6.07, 6.45) is 7.64. The summed E-state index contributed by atoms with van der Waals surface area (Å²) in [6, 6.07) is 11.3. The Hall–Kier alpha value is -3.42. The molecule has 7 nitrogen and oxygen atoms in total. The average molecular weight is 433 g/mol. The second-order valence-corrected chi connectivity index (χ2v) is 7.95. The van der Waals surface area contributed by atoms with Crippen molar-refractivity contribution in [2.45, 2.75) is 25.9 Å². The van der Waals surface area contributed by atoms with E-state index >= 15 is 0 Å². The van der Waals surface area contributed by atoms with Crippen molar-refractivity contribution in [3.05, 3.63) is 65.9 Å². The van der Waals surface area contributed by atoms with Gasteiger partial charge in [0, 0.05) is 43.0 Å². The molecular formula is C25H28N4O3. The van der Waals surface area contributed by atoms with Gasteiger partial charge in [0.2, 0.25) is 5.91 Å². The lowest BCUT2D eigenvalue weighted by Gasteiger charge is -2.14. The minimum absolute atomic E-state index is 0.181. The molecule has 5 N–H and O–H groups in total. The molecule has 1 unspecified atom stereocenters. The zero-order chi connectivity index (χ0) is 22.5. The molecule has 0 bridgehead atoms. The Morgan fingerprint density at radius 1 is 1.22 bits per heavy atom. The van der Waals surface area contributed by atoms with Crippen LogP contribution in [0.1, 0.15) is 28.8 Å². The number of aromatic nitrogens is 1. The number of carbonyl (C=O) groups excluding carboxylic acids is 2. The van der Waals surface area contributed by atoms with Crippen molar-refractivity contribution in [2.75, 3.05) is 25.0 Å². The van der Waals surface area contributed by atoms with Gasteiger partial charge in [-0.15, -0.1) is 0 Å². The van der Waals surface area contributed by atoms with Crippen molar-refractivity contribution in [3.8, 4) is 11.1 Å². The molecule has 32 heavy (non-hydrogen) atoms. The quantitative estimate of drug-likeness (QED) is 0.323. The van der Waals surface area contributed by atoms with Crippen molar-refractivity contribution in [1.29, 1.82) is 0 Å². The Bertz CT molecular complexity index is 1160. The summed E-state index contributed by atoms with van der Waals surface area (Å²) in [5, 5.41) is 7.16. The first-order valence-corrected chi connectivity index (χ1v) is 10.8. The van der Waals surface area contributed by atoms with Crippen LogP contribution in [0.5, 0.6) is 0 Å². The number of ether oxygens (including phenoxy) is 1. The summed E-state index contributed by atoms with van der Waals surface area (Å²) >= 11 is 0. The molecule has 0 saturated carbocycles. The largest absolute Gasteiger partial charge is 0.377 e. The van der Waals surface area contributed by atoms with Crippen LogP contribution in [0.3, 0.4) is 0 Å². The van der Waals surface area contributed by atoms with Crippen molar-refractivity contribution in [2.24, 2.45) is 5.73 Å². The number of fused-ring (bicyclic) bond motifs is 1. The molecule has 7 heteroatoms. The first-order valence-electron chi connectivity index (χ1n) is 10.8. The molecule has 1 aliphatic rings. The average Bonchev–Trinajstić information content (AvgIpc) is 3.46. The molecule has 3 aromatic rings. The van der Waals surface area contributed by atoms with Gasteiger partial charge in [0.15, 0.2) is 0 Å². The number of primary amides is 1. The monoisotopic (exact) mass is 432 g/mol. The lowest BCUT2D eigenvalue weighted by Crippen LogP contribution is -2.26. The maximum Gasteiger partial charge on any atom is 0.250 e. The van der Waals surface area contributed by atoms with Gasteiger partial charge >= 0.3 is 0 Å². The molecule has 0 radical (unpaired) electrons. The molecule has 2 amide bonds. The van der Waals surface area contributed by atoms with Crippen LogP contribution >= 0.6 is 0 Å². The van der Waals surface area contributed by atoms with Gasteiger partial charge in [-0.3, -0.25) is 9.59 Å². The van der Waals surface area contributed by atoms with Crippen LogP contribution < -0.4 is 16.4 Å². The molecule has 2 aromatic carbocycles. The Morgan fingerprint density at radius 3 is 2.88 bits per heavy atom. The predicted octanol–water partition coefficient (Wildman–Crippen LogP) is 3.51. The summed E-state index contributed by atoms with van der Waals surface area (Å²) in [6.45, 7) is 4.23. The lowest BCUT2D eigenvalue weighted by atomic mass is 9.94. The van der Waals surface area contributed by atoms with Crippen molar-refractivity contribution in [3.63, 3.8) is 0 Å². The smallest absolute Gasteiger partial charge is 0.250 e. The number of anilines is 1. The van der Waals surface area contributed by atoms with Gasteiger partial charge in [0.1, 0.15) is 0 Å². The van der Waals surface area contributed by atoms with Gasteiger partial charge in [0.05, 0.1) is 17.2 Å². The topological polar surface area (TPSA) is 109 Å². The molecule has 166 valence electrons. The molecule has 4 rings (SSSR count). The fourth-order valence-corrected chi connectivity index (χ4v) is 4.13.